The zero-order valence-corrected chi connectivity index (χ0v) is 13.0. The van der Waals surface area contributed by atoms with Gasteiger partial charge in [0.1, 0.15) is 0 Å². The second-order valence-corrected chi connectivity index (χ2v) is 6.44. The van der Waals surface area contributed by atoms with E-state index in [0.29, 0.717) is 0 Å². The van der Waals surface area contributed by atoms with E-state index in [1.54, 1.807) is 11.8 Å². The summed E-state index contributed by atoms with van der Waals surface area (Å²) in [5, 5.41) is 0.753. The number of halogens is 2. The van der Waals surface area contributed by atoms with Crippen LogP contribution in [0.15, 0.2) is 56.7 Å². The van der Waals surface area contributed by atoms with Crippen molar-refractivity contribution in [3.8, 4) is 0 Å². The summed E-state index contributed by atoms with van der Waals surface area (Å²) in [5.74, 6) is 0. The van der Waals surface area contributed by atoms with Gasteiger partial charge in [0.25, 0.3) is 0 Å². The third-order valence-corrected chi connectivity index (χ3v) is 4.72. The average molecular weight is 343 g/mol. The molecule has 0 aliphatic carbocycles. The Kier molecular flexibility index (Phi) is 4.73. The zero-order chi connectivity index (χ0) is 13.1. The molecule has 0 saturated carbocycles. The van der Waals surface area contributed by atoms with Gasteiger partial charge >= 0.3 is 0 Å². The lowest BCUT2D eigenvalue weighted by Crippen LogP contribution is -2.04. The van der Waals surface area contributed by atoms with E-state index in [1.165, 1.54) is 0 Å². The first kappa shape index (κ1) is 13.9. The van der Waals surface area contributed by atoms with Crippen molar-refractivity contribution in [3.63, 3.8) is 0 Å². The van der Waals surface area contributed by atoms with Crippen LogP contribution in [0.2, 0.25) is 5.02 Å². The van der Waals surface area contributed by atoms with E-state index in [9.17, 15) is 0 Å². The fraction of sp³-hybridized carbons (Fsp3) is 0.143. The molecule has 0 spiro atoms. The van der Waals surface area contributed by atoms with Gasteiger partial charge in [-0.1, -0.05) is 35.5 Å². The lowest BCUT2D eigenvalue weighted by atomic mass is 10.1. The van der Waals surface area contributed by atoms with E-state index in [2.05, 4.69) is 34.1 Å². The molecular weight excluding hydrogens is 330 g/mol. The third-order valence-electron chi connectivity index (χ3n) is 2.51. The summed E-state index contributed by atoms with van der Waals surface area (Å²) in [6, 6.07) is 14.1. The zero-order valence-electron chi connectivity index (χ0n) is 9.86. The lowest BCUT2D eigenvalue weighted by Gasteiger charge is -2.09. The van der Waals surface area contributed by atoms with Crippen molar-refractivity contribution in [1.29, 1.82) is 0 Å². The number of hydrogen-bond acceptors (Lipinski definition) is 2. The summed E-state index contributed by atoms with van der Waals surface area (Å²) >= 11 is 11.2. The molecule has 18 heavy (non-hydrogen) atoms. The molecule has 1 nitrogen and oxygen atoms in total. The molecule has 2 rings (SSSR count). The van der Waals surface area contributed by atoms with E-state index in [0.717, 1.165) is 24.8 Å². The maximum Gasteiger partial charge on any atom is 0.0417 e. The Morgan fingerprint density at radius 1 is 1.22 bits per heavy atom. The molecule has 2 aromatic carbocycles. The molecule has 1 atom stereocenters. The van der Waals surface area contributed by atoms with Crippen LogP contribution in [-0.2, 0) is 0 Å². The number of hydrogen-bond donors (Lipinski definition) is 1. The molecule has 0 aliphatic rings. The van der Waals surface area contributed by atoms with Crippen LogP contribution in [-0.4, -0.2) is 0 Å². The molecule has 0 heterocycles. The predicted octanol–water partition coefficient (Wildman–Crippen LogP) is 5.27. The molecule has 94 valence electrons. The van der Waals surface area contributed by atoms with Crippen LogP contribution in [0.1, 0.15) is 18.5 Å². The van der Waals surface area contributed by atoms with Gasteiger partial charge in [-0.15, -0.1) is 0 Å². The fourth-order valence-electron chi connectivity index (χ4n) is 1.54. The SMILES string of the molecule is CC(N)c1ccc(Sc2cccc(Cl)c2)c(Br)c1. The molecule has 0 radical (unpaired) electrons. The van der Waals surface area contributed by atoms with Crippen LogP contribution in [0, 0.1) is 0 Å². The van der Waals surface area contributed by atoms with Crippen LogP contribution in [0.25, 0.3) is 0 Å². The molecule has 0 fully saturated rings. The highest BCUT2D eigenvalue weighted by Crippen LogP contribution is 2.35. The molecular formula is C14H13BrClNS. The van der Waals surface area contributed by atoms with Gasteiger partial charge in [-0.25, -0.2) is 0 Å². The van der Waals surface area contributed by atoms with Gasteiger partial charge < -0.3 is 5.73 Å². The van der Waals surface area contributed by atoms with E-state index < -0.39 is 0 Å². The fourth-order valence-corrected chi connectivity index (χ4v) is 3.31. The van der Waals surface area contributed by atoms with Crippen molar-refractivity contribution < 1.29 is 0 Å². The molecule has 0 bridgehead atoms. The summed E-state index contributed by atoms with van der Waals surface area (Å²) in [4.78, 5) is 2.28. The van der Waals surface area contributed by atoms with E-state index in [-0.39, 0.29) is 6.04 Å². The normalized spacial score (nSPS) is 12.4. The van der Waals surface area contributed by atoms with Crippen molar-refractivity contribution >= 4 is 39.3 Å². The van der Waals surface area contributed by atoms with Gasteiger partial charge in [0.2, 0.25) is 0 Å². The van der Waals surface area contributed by atoms with Gasteiger partial charge in [-0.3, -0.25) is 0 Å². The largest absolute Gasteiger partial charge is 0.324 e. The Bertz CT molecular complexity index is 557. The van der Waals surface area contributed by atoms with Crippen LogP contribution < -0.4 is 5.73 Å². The minimum Gasteiger partial charge on any atom is -0.324 e. The van der Waals surface area contributed by atoms with Crippen LogP contribution >= 0.6 is 39.3 Å². The molecule has 0 saturated heterocycles. The Hall–Kier alpha value is -0.480. The topological polar surface area (TPSA) is 26.0 Å². The summed E-state index contributed by atoms with van der Waals surface area (Å²) < 4.78 is 1.06. The summed E-state index contributed by atoms with van der Waals surface area (Å²) in [5.41, 5.74) is 6.98. The maximum atomic E-state index is 5.98. The van der Waals surface area contributed by atoms with Crippen molar-refractivity contribution in [1.82, 2.24) is 0 Å². The van der Waals surface area contributed by atoms with Gasteiger partial charge in [0, 0.05) is 25.3 Å². The lowest BCUT2D eigenvalue weighted by molar-refractivity contribution is 0.815. The van der Waals surface area contributed by atoms with Crippen molar-refractivity contribution in [3.05, 3.63) is 57.5 Å². The van der Waals surface area contributed by atoms with Crippen molar-refractivity contribution in [2.45, 2.75) is 22.8 Å². The van der Waals surface area contributed by atoms with E-state index in [1.807, 2.05) is 31.2 Å². The molecule has 0 aliphatic heterocycles. The van der Waals surface area contributed by atoms with Crippen LogP contribution in [0.4, 0.5) is 0 Å². The minimum absolute atomic E-state index is 0.0477. The standard InChI is InChI=1S/C14H13BrClNS/c1-9(17)10-5-6-14(13(15)7-10)18-12-4-2-3-11(16)8-12/h2-9H,17H2,1H3. The highest BCUT2D eigenvalue weighted by molar-refractivity contribution is 9.10. The van der Waals surface area contributed by atoms with Crippen molar-refractivity contribution in [2.24, 2.45) is 5.73 Å². The van der Waals surface area contributed by atoms with Gasteiger partial charge in [-0.2, -0.15) is 0 Å². The predicted molar refractivity (Wildman–Crippen MR) is 82.3 cm³/mol. The Morgan fingerprint density at radius 3 is 2.61 bits per heavy atom. The van der Waals surface area contributed by atoms with Gasteiger partial charge in [0.05, 0.1) is 0 Å². The maximum absolute atomic E-state index is 5.98. The number of nitrogens with two attached hydrogens (primary N) is 1. The third kappa shape index (κ3) is 3.51. The Morgan fingerprint density at radius 2 is 2.00 bits per heavy atom. The summed E-state index contributed by atoms with van der Waals surface area (Å²) in [6.07, 6.45) is 0. The summed E-state index contributed by atoms with van der Waals surface area (Å²) in [6.45, 7) is 1.98. The van der Waals surface area contributed by atoms with E-state index >= 15 is 0 Å². The van der Waals surface area contributed by atoms with Crippen molar-refractivity contribution in [2.75, 3.05) is 0 Å². The van der Waals surface area contributed by atoms with Gasteiger partial charge in [0.15, 0.2) is 0 Å². The number of benzene rings is 2. The first-order chi connectivity index (χ1) is 8.56. The monoisotopic (exact) mass is 341 g/mol. The summed E-state index contributed by atoms with van der Waals surface area (Å²) in [7, 11) is 0. The molecule has 4 heteroatoms. The Labute approximate surface area is 125 Å². The highest BCUT2D eigenvalue weighted by atomic mass is 79.9. The van der Waals surface area contributed by atoms with Crippen LogP contribution in [0.5, 0.6) is 0 Å². The molecule has 0 amide bonds. The Balaban J connectivity index is 2.24. The smallest absolute Gasteiger partial charge is 0.0417 e. The average Bonchev–Trinajstić information content (AvgIpc) is 2.31. The van der Waals surface area contributed by atoms with E-state index in [4.69, 9.17) is 17.3 Å². The quantitative estimate of drug-likeness (QED) is 0.822. The first-order valence-corrected chi connectivity index (χ1v) is 7.53. The number of rotatable bonds is 3. The van der Waals surface area contributed by atoms with Gasteiger partial charge in [-0.05, 0) is 58.7 Å². The highest BCUT2D eigenvalue weighted by Gasteiger charge is 2.06. The molecule has 1 unspecified atom stereocenters. The minimum atomic E-state index is 0.0477. The first-order valence-electron chi connectivity index (χ1n) is 5.54. The second kappa shape index (κ2) is 6.11. The second-order valence-electron chi connectivity index (χ2n) is 4.04. The van der Waals surface area contributed by atoms with Crippen LogP contribution in [0.3, 0.4) is 0 Å². The molecule has 0 aromatic heterocycles. The molecule has 2 N–H and O–H groups in total. The molecule has 2 aromatic rings.